The minimum atomic E-state index is 0.322. The van der Waals surface area contributed by atoms with Crippen LogP contribution < -0.4 is 5.32 Å². The molecule has 1 aromatic rings. The molecule has 4 nitrogen and oxygen atoms in total. The van der Waals surface area contributed by atoms with E-state index >= 15 is 0 Å². The van der Waals surface area contributed by atoms with Crippen LogP contribution in [0.2, 0.25) is 0 Å². The molecule has 0 amide bonds. The number of nitrogens with one attached hydrogen (secondary N) is 1. The Bertz CT molecular complexity index is 286. The topological polar surface area (TPSA) is 39.1 Å². The van der Waals surface area contributed by atoms with E-state index in [9.17, 15) is 0 Å². The first-order chi connectivity index (χ1) is 7.75. The number of rotatable bonds is 8. The molecule has 1 rings (SSSR count). The molecule has 0 saturated carbocycles. The van der Waals surface area contributed by atoms with Crippen LogP contribution >= 0.6 is 0 Å². The summed E-state index contributed by atoms with van der Waals surface area (Å²) in [5.74, 6) is 0. The van der Waals surface area contributed by atoms with Gasteiger partial charge in [-0.3, -0.25) is 4.68 Å². The lowest BCUT2D eigenvalue weighted by Crippen LogP contribution is -2.25. The highest BCUT2D eigenvalue weighted by molar-refractivity contribution is 5.04. The monoisotopic (exact) mass is 225 g/mol. The average molecular weight is 225 g/mol. The van der Waals surface area contributed by atoms with E-state index in [1.165, 1.54) is 12.1 Å². The largest absolute Gasteiger partial charge is 0.380 e. The molecule has 0 aliphatic rings. The lowest BCUT2D eigenvalue weighted by atomic mass is 10.2. The highest BCUT2D eigenvalue weighted by Gasteiger charge is 2.07. The zero-order valence-corrected chi connectivity index (χ0v) is 10.6. The van der Waals surface area contributed by atoms with Crippen molar-refractivity contribution in [1.29, 1.82) is 0 Å². The van der Waals surface area contributed by atoms with Gasteiger partial charge < -0.3 is 10.1 Å². The van der Waals surface area contributed by atoms with Gasteiger partial charge in [0.2, 0.25) is 0 Å². The SMILES string of the molecule is CCCCOCCNC(C)c1ccnn1C. The normalized spacial score (nSPS) is 12.9. The molecule has 4 heteroatoms. The first-order valence-corrected chi connectivity index (χ1v) is 6.04. The molecule has 1 aromatic heterocycles. The van der Waals surface area contributed by atoms with Gasteiger partial charge in [0.1, 0.15) is 0 Å². The van der Waals surface area contributed by atoms with Crippen LogP contribution in [0.1, 0.15) is 38.4 Å². The van der Waals surface area contributed by atoms with Gasteiger partial charge in [0.25, 0.3) is 0 Å². The summed E-state index contributed by atoms with van der Waals surface area (Å²) in [6, 6.07) is 2.36. The molecule has 0 spiro atoms. The standard InChI is InChI=1S/C12H23N3O/c1-4-5-9-16-10-8-13-11(2)12-6-7-14-15(12)3/h6-7,11,13H,4-5,8-10H2,1-3H3. The second kappa shape index (κ2) is 7.41. The first kappa shape index (κ1) is 13.2. The molecular weight excluding hydrogens is 202 g/mol. The van der Waals surface area contributed by atoms with E-state index in [0.717, 1.165) is 26.2 Å². The van der Waals surface area contributed by atoms with Crippen molar-refractivity contribution in [2.24, 2.45) is 7.05 Å². The van der Waals surface area contributed by atoms with Gasteiger partial charge in [-0.1, -0.05) is 13.3 Å². The van der Waals surface area contributed by atoms with E-state index in [-0.39, 0.29) is 0 Å². The summed E-state index contributed by atoms with van der Waals surface area (Å²) in [5, 5.41) is 7.57. The van der Waals surface area contributed by atoms with Gasteiger partial charge in [0.05, 0.1) is 12.3 Å². The second-order valence-electron chi connectivity index (χ2n) is 4.02. The van der Waals surface area contributed by atoms with Crippen molar-refractivity contribution in [2.45, 2.75) is 32.7 Å². The molecule has 0 aliphatic heterocycles. The summed E-state index contributed by atoms with van der Waals surface area (Å²) in [5.41, 5.74) is 1.20. The fourth-order valence-corrected chi connectivity index (χ4v) is 1.61. The van der Waals surface area contributed by atoms with Crippen molar-refractivity contribution >= 4 is 0 Å². The third-order valence-electron chi connectivity index (χ3n) is 2.64. The fraction of sp³-hybridized carbons (Fsp3) is 0.750. The summed E-state index contributed by atoms with van der Waals surface area (Å²) in [6.07, 6.45) is 4.17. The molecule has 0 saturated heterocycles. The summed E-state index contributed by atoms with van der Waals surface area (Å²) in [4.78, 5) is 0. The lowest BCUT2D eigenvalue weighted by Gasteiger charge is -2.14. The van der Waals surface area contributed by atoms with Crippen LogP contribution in [0.3, 0.4) is 0 Å². The Morgan fingerprint density at radius 1 is 1.50 bits per heavy atom. The Hall–Kier alpha value is -0.870. The Morgan fingerprint density at radius 3 is 2.94 bits per heavy atom. The molecule has 0 radical (unpaired) electrons. The minimum Gasteiger partial charge on any atom is -0.380 e. The lowest BCUT2D eigenvalue weighted by molar-refractivity contribution is 0.131. The minimum absolute atomic E-state index is 0.322. The van der Waals surface area contributed by atoms with Crippen LogP contribution in [0.15, 0.2) is 12.3 Å². The Morgan fingerprint density at radius 2 is 2.31 bits per heavy atom. The third-order valence-corrected chi connectivity index (χ3v) is 2.64. The maximum Gasteiger partial charge on any atom is 0.0591 e. The van der Waals surface area contributed by atoms with E-state index in [1.807, 2.05) is 24.0 Å². The van der Waals surface area contributed by atoms with Gasteiger partial charge in [-0.05, 0) is 19.4 Å². The first-order valence-electron chi connectivity index (χ1n) is 6.04. The van der Waals surface area contributed by atoms with Crippen molar-refractivity contribution < 1.29 is 4.74 Å². The van der Waals surface area contributed by atoms with Crippen molar-refractivity contribution in [2.75, 3.05) is 19.8 Å². The average Bonchev–Trinajstić information content (AvgIpc) is 2.69. The molecule has 16 heavy (non-hydrogen) atoms. The zero-order chi connectivity index (χ0) is 11.8. The number of nitrogens with zero attached hydrogens (tertiary/aromatic N) is 2. The van der Waals surface area contributed by atoms with Crippen LogP contribution in [0.5, 0.6) is 0 Å². The molecule has 0 bridgehead atoms. The Labute approximate surface area is 98.0 Å². The molecule has 92 valence electrons. The maximum absolute atomic E-state index is 5.49. The number of hydrogen-bond acceptors (Lipinski definition) is 3. The van der Waals surface area contributed by atoms with Crippen LogP contribution in [0, 0.1) is 0 Å². The number of ether oxygens (including phenoxy) is 1. The van der Waals surface area contributed by atoms with Gasteiger partial charge >= 0.3 is 0 Å². The maximum atomic E-state index is 5.49. The van der Waals surface area contributed by atoms with Crippen molar-refractivity contribution in [3.63, 3.8) is 0 Å². The number of aromatic nitrogens is 2. The summed E-state index contributed by atoms with van der Waals surface area (Å²) in [6.45, 7) is 6.85. The fourth-order valence-electron chi connectivity index (χ4n) is 1.61. The van der Waals surface area contributed by atoms with E-state index in [4.69, 9.17) is 4.74 Å². The van der Waals surface area contributed by atoms with Crippen molar-refractivity contribution in [3.05, 3.63) is 18.0 Å². The van der Waals surface area contributed by atoms with E-state index < -0.39 is 0 Å². The molecule has 0 aromatic carbocycles. The summed E-state index contributed by atoms with van der Waals surface area (Å²) < 4.78 is 7.39. The van der Waals surface area contributed by atoms with Gasteiger partial charge in [-0.25, -0.2) is 0 Å². The smallest absolute Gasteiger partial charge is 0.0591 e. The van der Waals surface area contributed by atoms with Crippen LogP contribution in [0.25, 0.3) is 0 Å². The summed E-state index contributed by atoms with van der Waals surface area (Å²) in [7, 11) is 1.96. The number of hydrogen-bond donors (Lipinski definition) is 1. The van der Waals surface area contributed by atoms with Crippen LogP contribution in [-0.2, 0) is 11.8 Å². The van der Waals surface area contributed by atoms with Crippen LogP contribution in [0.4, 0.5) is 0 Å². The highest BCUT2D eigenvalue weighted by atomic mass is 16.5. The molecule has 1 heterocycles. The van der Waals surface area contributed by atoms with E-state index in [0.29, 0.717) is 6.04 Å². The Balaban J connectivity index is 2.11. The number of aryl methyl sites for hydroxylation is 1. The van der Waals surface area contributed by atoms with Gasteiger partial charge in [0, 0.05) is 32.4 Å². The predicted octanol–water partition coefficient (Wildman–Crippen LogP) is 1.89. The second-order valence-corrected chi connectivity index (χ2v) is 4.02. The highest BCUT2D eigenvalue weighted by Crippen LogP contribution is 2.09. The molecule has 1 atom stereocenters. The molecular formula is C12H23N3O. The molecule has 1 N–H and O–H groups in total. The van der Waals surface area contributed by atoms with Crippen molar-refractivity contribution in [1.82, 2.24) is 15.1 Å². The van der Waals surface area contributed by atoms with E-state index in [1.54, 1.807) is 0 Å². The van der Waals surface area contributed by atoms with Gasteiger partial charge in [0.15, 0.2) is 0 Å². The molecule has 0 fully saturated rings. The van der Waals surface area contributed by atoms with E-state index in [2.05, 4.69) is 24.3 Å². The molecule has 1 unspecified atom stereocenters. The quantitative estimate of drug-likeness (QED) is 0.687. The summed E-state index contributed by atoms with van der Waals surface area (Å²) >= 11 is 0. The van der Waals surface area contributed by atoms with Crippen molar-refractivity contribution in [3.8, 4) is 0 Å². The molecule has 0 aliphatic carbocycles. The van der Waals surface area contributed by atoms with Crippen LogP contribution in [-0.4, -0.2) is 29.5 Å². The number of unbranched alkanes of at least 4 members (excludes halogenated alkanes) is 1. The van der Waals surface area contributed by atoms with Gasteiger partial charge in [-0.2, -0.15) is 5.10 Å². The zero-order valence-electron chi connectivity index (χ0n) is 10.6. The predicted molar refractivity (Wildman–Crippen MR) is 65.4 cm³/mol. The third kappa shape index (κ3) is 4.33. The van der Waals surface area contributed by atoms with Gasteiger partial charge in [-0.15, -0.1) is 0 Å². The Kier molecular flexibility index (Phi) is 6.11.